The Hall–Kier alpha value is -5.36. The quantitative estimate of drug-likeness (QED) is 0.0482. The van der Waals surface area contributed by atoms with Crippen LogP contribution < -0.4 is 27.0 Å². The number of amides is 2. The topological polar surface area (TPSA) is 196 Å². The highest BCUT2D eigenvalue weighted by Crippen LogP contribution is 2.44. The summed E-state index contributed by atoms with van der Waals surface area (Å²) in [5, 5.41) is 5.67. The van der Waals surface area contributed by atoms with Gasteiger partial charge in [0.15, 0.2) is 5.96 Å². The Kier molecular flexibility index (Phi) is 10.1. The Morgan fingerprint density at radius 1 is 0.936 bits per heavy atom. The number of esters is 1. The zero-order chi connectivity index (χ0) is 33.4. The highest BCUT2D eigenvalue weighted by atomic mass is 16.5. The second-order valence-corrected chi connectivity index (χ2v) is 11.8. The van der Waals surface area contributed by atoms with Crippen molar-refractivity contribution >= 4 is 47.7 Å². The van der Waals surface area contributed by atoms with Crippen molar-refractivity contribution in [3.05, 3.63) is 95.1 Å². The van der Waals surface area contributed by atoms with E-state index in [-0.39, 0.29) is 43.8 Å². The number of nitrogens with zero attached hydrogens (tertiary/aromatic N) is 2. The van der Waals surface area contributed by atoms with Gasteiger partial charge >= 0.3 is 5.97 Å². The first-order chi connectivity index (χ1) is 22.7. The molecule has 2 atom stereocenters. The zero-order valence-electron chi connectivity index (χ0n) is 25.9. The van der Waals surface area contributed by atoms with E-state index in [0.29, 0.717) is 41.6 Å². The molecule has 5 rings (SSSR count). The summed E-state index contributed by atoms with van der Waals surface area (Å²) in [6.45, 7) is 0.406. The van der Waals surface area contributed by atoms with E-state index in [9.17, 15) is 24.0 Å². The minimum absolute atomic E-state index is 0.0163. The molecule has 244 valence electrons. The molecule has 0 bridgehead atoms. The number of aryl methyl sites for hydroxylation is 1. The van der Waals surface area contributed by atoms with Crippen LogP contribution in [0.2, 0.25) is 0 Å². The van der Waals surface area contributed by atoms with E-state index in [1.165, 1.54) is 4.90 Å². The zero-order valence-corrected chi connectivity index (χ0v) is 25.9. The minimum Gasteiger partial charge on any atom is -0.459 e. The molecule has 0 radical (unpaired) electrons. The number of hydrogen-bond donors (Lipinski definition) is 4. The van der Waals surface area contributed by atoms with Crippen molar-refractivity contribution < 1.29 is 28.7 Å². The van der Waals surface area contributed by atoms with Gasteiger partial charge in [-0.25, -0.2) is 4.79 Å². The first-order valence-electron chi connectivity index (χ1n) is 15.5. The highest BCUT2D eigenvalue weighted by molar-refractivity contribution is 6.13. The molecule has 1 saturated heterocycles. The summed E-state index contributed by atoms with van der Waals surface area (Å²) in [4.78, 5) is 68.8. The lowest BCUT2D eigenvalue weighted by Gasteiger charge is -2.23. The molecule has 12 nitrogen and oxygen atoms in total. The average Bonchev–Trinajstić information content (AvgIpc) is 3.75. The van der Waals surface area contributed by atoms with Crippen molar-refractivity contribution in [2.24, 2.45) is 16.5 Å². The average molecular weight is 639 g/mol. The number of benzene rings is 3. The second kappa shape index (κ2) is 14.4. The third kappa shape index (κ3) is 7.23. The van der Waals surface area contributed by atoms with Crippen LogP contribution in [0.3, 0.4) is 0 Å². The second-order valence-electron chi connectivity index (χ2n) is 11.8. The van der Waals surface area contributed by atoms with Gasteiger partial charge in [0.1, 0.15) is 30.3 Å². The van der Waals surface area contributed by atoms with Gasteiger partial charge in [-0.2, -0.15) is 0 Å². The maximum atomic E-state index is 13.4. The third-order valence-corrected chi connectivity index (χ3v) is 8.58. The van der Waals surface area contributed by atoms with Crippen molar-refractivity contribution in [3.8, 4) is 0 Å². The monoisotopic (exact) mass is 638 g/mol. The minimum atomic E-state index is -1.42. The van der Waals surface area contributed by atoms with Crippen LogP contribution in [0.5, 0.6) is 0 Å². The molecular formula is C35H38N6O6. The van der Waals surface area contributed by atoms with Crippen LogP contribution in [-0.2, 0) is 43.4 Å². The molecule has 6 N–H and O–H groups in total. The van der Waals surface area contributed by atoms with Gasteiger partial charge in [-0.05, 0) is 60.2 Å². The molecule has 2 amide bonds. The maximum absolute atomic E-state index is 13.4. The van der Waals surface area contributed by atoms with Crippen LogP contribution in [-0.4, -0.2) is 60.5 Å². The molecule has 0 aliphatic carbocycles. The third-order valence-electron chi connectivity index (χ3n) is 8.58. The van der Waals surface area contributed by atoms with Gasteiger partial charge in [0.25, 0.3) is 11.8 Å². The number of rotatable bonds is 15. The van der Waals surface area contributed by atoms with Gasteiger partial charge in [0.2, 0.25) is 0 Å². The Morgan fingerprint density at radius 3 is 2.38 bits per heavy atom. The highest BCUT2D eigenvalue weighted by Gasteiger charge is 2.72. The van der Waals surface area contributed by atoms with E-state index in [4.69, 9.17) is 16.2 Å². The summed E-state index contributed by atoms with van der Waals surface area (Å²) in [5.74, 6) is -1.20. The van der Waals surface area contributed by atoms with Gasteiger partial charge in [0.05, 0.1) is 17.8 Å². The van der Waals surface area contributed by atoms with Gasteiger partial charge in [0, 0.05) is 25.1 Å². The molecule has 0 spiro atoms. The summed E-state index contributed by atoms with van der Waals surface area (Å²) in [6, 6.07) is 21.6. The predicted molar refractivity (Wildman–Crippen MR) is 176 cm³/mol. The fourth-order valence-corrected chi connectivity index (χ4v) is 6.00. The molecule has 1 fully saturated rings. The first kappa shape index (κ1) is 33.0. The number of guanidine groups is 1. The fourth-order valence-electron chi connectivity index (χ4n) is 6.00. The Bertz CT molecular complexity index is 1670. The maximum Gasteiger partial charge on any atom is 0.329 e. The number of nitrogens with two attached hydrogens (primary N) is 2. The number of carbonyl (C=O) groups excluding carboxylic acids is 5. The van der Waals surface area contributed by atoms with Crippen LogP contribution in [0.15, 0.2) is 77.8 Å². The van der Waals surface area contributed by atoms with Crippen molar-refractivity contribution in [1.82, 2.24) is 10.6 Å². The summed E-state index contributed by atoms with van der Waals surface area (Å²) in [7, 11) is 0. The number of ether oxygens (including phenoxy) is 1. The van der Waals surface area contributed by atoms with E-state index in [1.807, 2.05) is 42.5 Å². The number of carbonyl (C=O) groups is 5. The summed E-state index contributed by atoms with van der Waals surface area (Å²) in [6.07, 6.45) is 4.50. The molecule has 1 unspecified atom stereocenters. The molecular weight excluding hydrogens is 600 g/mol. The number of nitrogens with one attached hydrogen (secondary N) is 2. The normalized spacial score (nSPS) is 20.0. The van der Waals surface area contributed by atoms with E-state index in [0.717, 1.165) is 36.8 Å². The van der Waals surface area contributed by atoms with Crippen molar-refractivity contribution in [3.63, 3.8) is 0 Å². The van der Waals surface area contributed by atoms with Crippen LogP contribution in [0.1, 0.15) is 52.7 Å². The molecule has 2 heterocycles. The smallest absolute Gasteiger partial charge is 0.329 e. The number of aliphatic imine (C=N–C) groups is 1. The van der Waals surface area contributed by atoms with Gasteiger partial charge in [-0.1, -0.05) is 55.0 Å². The predicted octanol–water partition coefficient (Wildman–Crippen LogP) is 2.24. The van der Waals surface area contributed by atoms with Crippen LogP contribution in [0, 0.1) is 0 Å². The lowest BCUT2D eigenvalue weighted by molar-refractivity contribution is -0.149. The fraction of sp³-hybridized carbons (Fsp3) is 0.314. The Balaban J connectivity index is 1.33. The molecule has 0 aromatic heterocycles. The van der Waals surface area contributed by atoms with Gasteiger partial charge in [-0.15, -0.1) is 0 Å². The van der Waals surface area contributed by atoms with E-state index < -0.39 is 17.0 Å². The Labute approximate surface area is 272 Å². The lowest BCUT2D eigenvalue weighted by Crippen LogP contribution is -2.39. The van der Waals surface area contributed by atoms with E-state index in [2.05, 4.69) is 15.6 Å². The van der Waals surface area contributed by atoms with Crippen molar-refractivity contribution in [2.75, 3.05) is 18.0 Å². The number of hydrogen-bond acceptors (Lipinski definition) is 8. The largest absolute Gasteiger partial charge is 0.459 e. The summed E-state index contributed by atoms with van der Waals surface area (Å²) in [5.41, 5.74) is 11.8. The number of anilines is 2. The molecule has 47 heavy (non-hydrogen) atoms. The molecule has 0 saturated carbocycles. The summed E-state index contributed by atoms with van der Waals surface area (Å²) < 4.78 is 5.60. The molecule has 3 aromatic carbocycles. The van der Waals surface area contributed by atoms with Crippen LogP contribution in [0.4, 0.5) is 11.4 Å². The van der Waals surface area contributed by atoms with Gasteiger partial charge in [-0.3, -0.25) is 24.8 Å². The van der Waals surface area contributed by atoms with Gasteiger partial charge < -0.3 is 31.1 Å². The number of aldehydes is 2. The SMILES string of the molecule is NC(N)=NCCCCCc1ccc2c(c1)C(=O)NCC(=O)N2c1ccc(C[C@@]2(C(=O)OCc3ccccc3)NC2(C=O)CC=O)cc1. The van der Waals surface area contributed by atoms with Crippen molar-refractivity contribution in [1.29, 1.82) is 0 Å². The first-order valence-corrected chi connectivity index (χ1v) is 15.5. The van der Waals surface area contributed by atoms with Crippen molar-refractivity contribution in [2.45, 2.75) is 56.2 Å². The standard InChI is InChI=1S/C35H38N6O6/c36-33(37)38-17-6-2-5-7-24-12-15-29-28(19-24)31(45)39-21-30(44)41(29)27-13-10-25(11-14-27)20-35(34(23-43,40-35)16-18-42)32(46)47-22-26-8-3-1-4-9-26/h1,3-4,8-15,18-19,23,40H,2,5-7,16-17,20-22H2,(H,39,45)(H4,36,37,38)/t34?,35-/m0/s1. The number of unbranched alkanes of at least 4 members (excludes halogenated alkanes) is 2. The lowest BCUT2D eigenvalue weighted by atomic mass is 9.85. The van der Waals surface area contributed by atoms with E-state index in [1.54, 1.807) is 30.3 Å². The molecule has 2 aliphatic heterocycles. The Morgan fingerprint density at radius 2 is 1.68 bits per heavy atom. The number of fused-ring (bicyclic) bond motifs is 1. The van der Waals surface area contributed by atoms with Crippen LogP contribution >= 0.6 is 0 Å². The molecule has 2 aliphatic rings. The van der Waals surface area contributed by atoms with Crippen LogP contribution in [0.25, 0.3) is 0 Å². The van der Waals surface area contributed by atoms with E-state index >= 15 is 0 Å². The molecule has 3 aromatic rings. The molecule has 12 heteroatoms. The summed E-state index contributed by atoms with van der Waals surface area (Å²) >= 11 is 0.